The van der Waals surface area contributed by atoms with E-state index in [0.717, 1.165) is 0 Å². The summed E-state index contributed by atoms with van der Waals surface area (Å²) in [6.45, 7) is 7.79. The van der Waals surface area contributed by atoms with Crippen LogP contribution in [0.15, 0.2) is 18.7 Å². The molecule has 0 bridgehead atoms. The number of carbonyl (C=O) groups excluding carboxylic acids is 1. The molecule has 98 valence electrons. The van der Waals surface area contributed by atoms with E-state index in [-0.39, 0.29) is 16.9 Å². The van der Waals surface area contributed by atoms with Crippen molar-refractivity contribution in [3.63, 3.8) is 0 Å². The lowest BCUT2D eigenvalue weighted by Gasteiger charge is -2.14. The van der Waals surface area contributed by atoms with Crippen molar-refractivity contribution in [2.75, 3.05) is 13.7 Å². The van der Waals surface area contributed by atoms with Crippen LogP contribution in [0, 0.1) is 5.82 Å². The molecule has 0 aliphatic carbocycles. The molecule has 1 unspecified atom stereocenters. The minimum absolute atomic E-state index is 0.0548. The maximum absolute atomic E-state index is 14.2. The predicted octanol–water partition coefficient (Wildman–Crippen LogP) is 2.66. The van der Waals surface area contributed by atoms with Crippen LogP contribution < -0.4 is 10.1 Å². The first-order chi connectivity index (χ1) is 8.56. The van der Waals surface area contributed by atoms with E-state index in [1.165, 1.54) is 19.3 Å². The zero-order chi connectivity index (χ0) is 13.7. The van der Waals surface area contributed by atoms with Crippen molar-refractivity contribution >= 4 is 11.9 Å². The number of carbonyl (C=O) groups is 1. The fraction of sp³-hybridized carbons (Fsp3) is 0.357. The number of methoxy groups -OCH3 is 1. The Kier molecular flexibility index (Phi) is 5.04. The molecule has 1 rings (SSSR count). The Hall–Kier alpha value is -1.68. The van der Waals surface area contributed by atoms with Crippen LogP contribution in [0.3, 0.4) is 0 Å². The van der Waals surface area contributed by atoms with E-state index in [1.54, 1.807) is 13.0 Å². The second kappa shape index (κ2) is 6.31. The van der Waals surface area contributed by atoms with E-state index < -0.39 is 11.9 Å². The Morgan fingerprint density at radius 3 is 2.78 bits per heavy atom. The number of rotatable bonds is 6. The highest BCUT2D eigenvalue weighted by molar-refractivity contribution is 6.00. The molecule has 0 fully saturated rings. The van der Waals surface area contributed by atoms with Gasteiger partial charge in [0.1, 0.15) is 11.6 Å². The van der Waals surface area contributed by atoms with E-state index in [0.29, 0.717) is 12.3 Å². The first kappa shape index (κ1) is 14.4. The third kappa shape index (κ3) is 2.76. The lowest BCUT2D eigenvalue weighted by molar-refractivity contribution is 0.0948. The third-order valence-electron chi connectivity index (χ3n) is 2.73. The largest absolute Gasteiger partial charge is 0.496 e. The number of ketones is 1. The van der Waals surface area contributed by atoms with Gasteiger partial charge in [0.2, 0.25) is 0 Å². The summed E-state index contributed by atoms with van der Waals surface area (Å²) in [6.07, 6.45) is 1.35. The van der Waals surface area contributed by atoms with Gasteiger partial charge in [0.25, 0.3) is 0 Å². The minimum atomic E-state index is -0.584. The van der Waals surface area contributed by atoms with Crippen molar-refractivity contribution in [2.24, 2.45) is 0 Å². The summed E-state index contributed by atoms with van der Waals surface area (Å²) in [6, 6.07) is 2.60. The number of hydrogen-bond donors (Lipinski definition) is 1. The molecule has 1 atom stereocenters. The first-order valence-corrected chi connectivity index (χ1v) is 5.83. The van der Waals surface area contributed by atoms with Crippen LogP contribution in [0.25, 0.3) is 6.08 Å². The zero-order valence-corrected chi connectivity index (χ0v) is 10.9. The van der Waals surface area contributed by atoms with Gasteiger partial charge in [0, 0.05) is 0 Å². The topological polar surface area (TPSA) is 38.3 Å². The Balaban J connectivity index is 3.18. The highest BCUT2D eigenvalue weighted by Gasteiger charge is 2.21. The van der Waals surface area contributed by atoms with Crippen molar-refractivity contribution in [2.45, 2.75) is 19.9 Å². The lowest BCUT2D eigenvalue weighted by atomic mass is 10.0. The molecule has 0 aliphatic rings. The number of likely N-dealkylation sites (N-methyl/N-ethyl adjacent to an activating group) is 1. The third-order valence-corrected chi connectivity index (χ3v) is 2.73. The van der Waals surface area contributed by atoms with Crippen molar-refractivity contribution in [3.05, 3.63) is 35.7 Å². The molecule has 18 heavy (non-hydrogen) atoms. The first-order valence-electron chi connectivity index (χ1n) is 5.83. The molecule has 0 heterocycles. The van der Waals surface area contributed by atoms with Crippen LogP contribution in [0.2, 0.25) is 0 Å². The van der Waals surface area contributed by atoms with Crippen LogP contribution in [0.5, 0.6) is 5.75 Å². The smallest absolute Gasteiger partial charge is 0.182 e. The molecule has 3 nitrogen and oxygen atoms in total. The second-order valence-electron chi connectivity index (χ2n) is 3.89. The van der Waals surface area contributed by atoms with Gasteiger partial charge in [-0.25, -0.2) is 4.39 Å². The van der Waals surface area contributed by atoms with Gasteiger partial charge in [-0.1, -0.05) is 19.6 Å². The number of Topliss-reactive ketones (excluding diaryl/α,β-unsaturated/α-hetero) is 1. The van der Waals surface area contributed by atoms with Crippen molar-refractivity contribution in [3.8, 4) is 5.75 Å². The summed E-state index contributed by atoms with van der Waals surface area (Å²) in [5.74, 6) is -0.491. The molecule has 0 aromatic heterocycles. The fourth-order valence-corrected chi connectivity index (χ4v) is 1.77. The molecular formula is C14H18FNO2. The van der Waals surface area contributed by atoms with Crippen molar-refractivity contribution in [1.29, 1.82) is 0 Å². The molecule has 1 aromatic carbocycles. The summed E-state index contributed by atoms with van der Waals surface area (Å²) in [5, 5.41) is 2.96. The SMILES string of the molecule is C=Cc1c(OC)ccc(C(=O)C(C)NCC)c1F. The monoisotopic (exact) mass is 251 g/mol. The number of benzene rings is 1. The molecule has 1 N–H and O–H groups in total. The van der Waals surface area contributed by atoms with Gasteiger partial charge in [-0.05, 0) is 25.6 Å². The van der Waals surface area contributed by atoms with Gasteiger partial charge >= 0.3 is 0 Å². The standard InChI is InChI=1S/C14H18FNO2/c1-5-10-12(18-4)8-7-11(13(10)15)14(17)9(3)16-6-2/h5,7-9,16H,1,6H2,2-4H3. The summed E-state index contributed by atoms with van der Waals surface area (Å²) in [7, 11) is 1.45. The van der Waals surface area contributed by atoms with E-state index in [1.807, 2.05) is 6.92 Å². The zero-order valence-electron chi connectivity index (χ0n) is 10.9. The highest BCUT2D eigenvalue weighted by atomic mass is 19.1. The number of halogens is 1. The summed E-state index contributed by atoms with van der Waals surface area (Å²) < 4.78 is 19.2. The van der Waals surface area contributed by atoms with Crippen LogP contribution in [-0.2, 0) is 0 Å². The van der Waals surface area contributed by atoms with E-state index in [9.17, 15) is 9.18 Å². The number of ether oxygens (including phenoxy) is 1. The maximum Gasteiger partial charge on any atom is 0.182 e. The Bertz CT molecular complexity index is 457. The molecule has 0 spiro atoms. The molecule has 0 aliphatic heterocycles. The quantitative estimate of drug-likeness (QED) is 0.790. The van der Waals surface area contributed by atoms with Crippen LogP contribution >= 0.6 is 0 Å². The number of nitrogens with one attached hydrogen (secondary N) is 1. The van der Waals surface area contributed by atoms with E-state index >= 15 is 0 Å². The molecule has 0 saturated heterocycles. The molecule has 0 amide bonds. The predicted molar refractivity (Wildman–Crippen MR) is 70.5 cm³/mol. The van der Waals surface area contributed by atoms with Crippen LogP contribution in [0.4, 0.5) is 4.39 Å². The summed E-state index contributed by atoms with van der Waals surface area (Å²) >= 11 is 0. The molecule has 4 heteroatoms. The van der Waals surface area contributed by atoms with Crippen LogP contribution in [0.1, 0.15) is 29.8 Å². The molecular weight excluding hydrogens is 233 g/mol. The van der Waals surface area contributed by atoms with Gasteiger partial charge in [0.05, 0.1) is 24.3 Å². The van der Waals surface area contributed by atoms with E-state index in [2.05, 4.69) is 11.9 Å². The fourth-order valence-electron chi connectivity index (χ4n) is 1.77. The molecule has 1 aromatic rings. The average molecular weight is 251 g/mol. The van der Waals surface area contributed by atoms with Gasteiger partial charge in [0.15, 0.2) is 5.78 Å². The summed E-state index contributed by atoms with van der Waals surface area (Å²) in [4.78, 5) is 12.0. The summed E-state index contributed by atoms with van der Waals surface area (Å²) in [5.41, 5.74) is 0.270. The Morgan fingerprint density at radius 1 is 1.61 bits per heavy atom. The normalized spacial score (nSPS) is 12.0. The Labute approximate surface area is 107 Å². The van der Waals surface area contributed by atoms with Gasteiger partial charge in [-0.3, -0.25) is 4.79 Å². The van der Waals surface area contributed by atoms with Crippen molar-refractivity contribution < 1.29 is 13.9 Å². The van der Waals surface area contributed by atoms with Gasteiger partial charge in [-0.15, -0.1) is 0 Å². The van der Waals surface area contributed by atoms with E-state index in [4.69, 9.17) is 4.74 Å². The number of hydrogen-bond acceptors (Lipinski definition) is 3. The van der Waals surface area contributed by atoms with Crippen LogP contribution in [-0.4, -0.2) is 25.5 Å². The molecule has 0 radical (unpaired) electrons. The Morgan fingerprint density at radius 2 is 2.28 bits per heavy atom. The van der Waals surface area contributed by atoms with Gasteiger partial charge < -0.3 is 10.1 Å². The van der Waals surface area contributed by atoms with Crippen molar-refractivity contribution in [1.82, 2.24) is 5.32 Å². The lowest BCUT2D eigenvalue weighted by Crippen LogP contribution is -2.34. The maximum atomic E-state index is 14.2. The van der Waals surface area contributed by atoms with Gasteiger partial charge in [-0.2, -0.15) is 0 Å². The second-order valence-corrected chi connectivity index (χ2v) is 3.89. The highest BCUT2D eigenvalue weighted by Crippen LogP contribution is 2.26. The molecule has 0 saturated carbocycles. The minimum Gasteiger partial charge on any atom is -0.496 e. The average Bonchev–Trinajstić information content (AvgIpc) is 2.37.